The van der Waals surface area contributed by atoms with Crippen LogP contribution in [0.5, 0.6) is 0 Å². The van der Waals surface area contributed by atoms with Gasteiger partial charge in [-0.3, -0.25) is 4.79 Å². The monoisotopic (exact) mass is 212 g/mol. The van der Waals surface area contributed by atoms with Gasteiger partial charge in [-0.1, -0.05) is 13.3 Å². The van der Waals surface area contributed by atoms with E-state index in [9.17, 15) is 4.79 Å². The van der Waals surface area contributed by atoms with Crippen LogP contribution < -0.4 is 5.32 Å². The van der Waals surface area contributed by atoms with E-state index >= 15 is 0 Å². The maximum Gasteiger partial charge on any atom is 0.222 e. The van der Waals surface area contributed by atoms with Crippen molar-refractivity contribution in [1.29, 1.82) is 0 Å². The summed E-state index contributed by atoms with van der Waals surface area (Å²) in [4.78, 5) is 13.8. The maximum atomic E-state index is 11.8. The Kier molecular flexibility index (Phi) is 5.69. The predicted octanol–water partition coefficient (Wildman–Crippen LogP) is 1.63. The molecule has 88 valence electrons. The lowest BCUT2D eigenvalue weighted by atomic mass is 9.98. The molecular formula is C12H24N2O. The Morgan fingerprint density at radius 3 is 2.93 bits per heavy atom. The summed E-state index contributed by atoms with van der Waals surface area (Å²) in [5, 5.41) is 3.12. The van der Waals surface area contributed by atoms with Gasteiger partial charge in [0.15, 0.2) is 0 Å². The van der Waals surface area contributed by atoms with Crippen LogP contribution in [0.25, 0.3) is 0 Å². The molecule has 0 radical (unpaired) electrons. The zero-order valence-electron chi connectivity index (χ0n) is 10.1. The van der Waals surface area contributed by atoms with Gasteiger partial charge in [0.2, 0.25) is 5.91 Å². The van der Waals surface area contributed by atoms with Gasteiger partial charge in [-0.25, -0.2) is 0 Å². The number of nitrogens with zero attached hydrogens (tertiary/aromatic N) is 1. The SMILES string of the molecule is CCC1CCC(=O)N(CCCNC)CC1. The third-order valence-electron chi connectivity index (χ3n) is 3.36. The molecule has 0 aromatic rings. The topological polar surface area (TPSA) is 32.3 Å². The fraction of sp³-hybridized carbons (Fsp3) is 0.917. The Labute approximate surface area is 93.2 Å². The van der Waals surface area contributed by atoms with Crippen molar-refractivity contribution in [2.45, 2.75) is 39.0 Å². The summed E-state index contributed by atoms with van der Waals surface area (Å²) in [5.74, 6) is 1.13. The summed E-state index contributed by atoms with van der Waals surface area (Å²) in [5.41, 5.74) is 0. The first kappa shape index (κ1) is 12.5. The second kappa shape index (κ2) is 6.83. The van der Waals surface area contributed by atoms with Gasteiger partial charge >= 0.3 is 0 Å². The van der Waals surface area contributed by atoms with E-state index in [1.807, 2.05) is 11.9 Å². The lowest BCUT2D eigenvalue weighted by Crippen LogP contribution is -2.32. The largest absolute Gasteiger partial charge is 0.343 e. The molecule has 3 nitrogen and oxygen atoms in total. The number of hydrogen-bond acceptors (Lipinski definition) is 2. The summed E-state index contributed by atoms with van der Waals surface area (Å²) in [7, 11) is 1.96. The molecule has 0 saturated carbocycles. The number of amides is 1. The number of carbonyl (C=O) groups excluding carboxylic acids is 1. The number of carbonyl (C=O) groups is 1. The van der Waals surface area contributed by atoms with Crippen molar-refractivity contribution in [1.82, 2.24) is 10.2 Å². The predicted molar refractivity (Wildman–Crippen MR) is 62.8 cm³/mol. The molecule has 1 atom stereocenters. The van der Waals surface area contributed by atoms with Crippen LogP contribution in [0.2, 0.25) is 0 Å². The first-order chi connectivity index (χ1) is 7.27. The summed E-state index contributed by atoms with van der Waals surface area (Å²) in [6.45, 7) is 5.13. The maximum absolute atomic E-state index is 11.8. The van der Waals surface area contributed by atoms with Crippen molar-refractivity contribution in [2.75, 3.05) is 26.7 Å². The fourth-order valence-corrected chi connectivity index (χ4v) is 2.18. The van der Waals surface area contributed by atoms with Crippen LogP contribution in [0, 0.1) is 5.92 Å². The molecule has 0 spiro atoms. The van der Waals surface area contributed by atoms with Crippen LogP contribution in [0.1, 0.15) is 39.0 Å². The Bertz CT molecular complexity index is 194. The van der Waals surface area contributed by atoms with Crippen molar-refractivity contribution >= 4 is 5.91 Å². The quantitative estimate of drug-likeness (QED) is 0.703. The van der Waals surface area contributed by atoms with Crippen molar-refractivity contribution in [3.05, 3.63) is 0 Å². The third kappa shape index (κ3) is 4.20. The standard InChI is InChI=1S/C12H24N2O/c1-3-11-5-6-12(15)14(10-7-11)9-4-8-13-2/h11,13H,3-10H2,1-2H3. The van der Waals surface area contributed by atoms with Gasteiger partial charge in [0.1, 0.15) is 0 Å². The van der Waals surface area contributed by atoms with E-state index in [2.05, 4.69) is 12.2 Å². The molecule has 1 saturated heterocycles. The number of hydrogen-bond donors (Lipinski definition) is 1. The average molecular weight is 212 g/mol. The van der Waals surface area contributed by atoms with Crippen molar-refractivity contribution in [2.24, 2.45) is 5.92 Å². The van der Waals surface area contributed by atoms with Gasteiger partial charge in [0.05, 0.1) is 0 Å². The van der Waals surface area contributed by atoms with Crippen LogP contribution in [0.15, 0.2) is 0 Å². The second-order valence-corrected chi connectivity index (χ2v) is 4.44. The highest BCUT2D eigenvalue weighted by molar-refractivity contribution is 5.76. The van der Waals surface area contributed by atoms with E-state index in [1.54, 1.807) is 0 Å². The van der Waals surface area contributed by atoms with Gasteiger partial charge in [0, 0.05) is 19.5 Å². The minimum Gasteiger partial charge on any atom is -0.343 e. The molecule has 1 fully saturated rings. The van der Waals surface area contributed by atoms with E-state index in [4.69, 9.17) is 0 Å². The molecule has 1 N–H and O–H groups in total. The van der Waals surface area contributed by atoms with E-state index in [0.29, 0.717) is 5.91 Å². The molecule has 15 heavy (non-hydrogen) atoms. The van der Waals surface area contributed by atoms with Gasteiger partial charge < -0.3 is 10.2 Å². The molecule has 0 aliphatic carbocycles. The van der Waals surface area contributed by atoms with Gasteiger partial charge in [0.25, 0.3) is 0 Å². The molecule has 1 heterocycles. The summed E-state index contributed by atoms with van der Waals surface area (Å²) in [6, 6.07) is 0. The normalized spacial score (nSPS) is 22.9. The minimum absolute atomic E-state index is 0.363. The van der Waals surface area contributed by atoms with Crippen LogP contribution in [-0.4, -0.2) is 37.5 Å². The van der Waals surface area contributed by atoms with Gasteiger partial charge in [-0.2, -0.15) is 0 Å². The Morgan fingerprint density at radius 1 is 1.47 bits per heavy atom. The molecule has 0 aromatic carbocycles. The molecule has 1 aliphatic rings. The smallest absolute Gasteiger partial charge is 0.222 e. The zero-order valence-corrected chi connectivity index (χ0v) is 10.1. The molecule has 1 amide bonds. The molecule has 0 aromatic heterocycles. The fourth-order valence-electron chi connectivity index (χ4n) is 2.18. The van der Waals surface area contributed by atoms with Crippen LogP contribution in [0.3, 0.4) is 0 Å². The molecule has 1 aliphatic heterocycles. The van der Waals surface area contributed by atoms with Gasteiger partial charge in [-0.05, 0) is 38.8 Å². The number of nitrogens with one attached hydrogen (secondary N) is 1. The first-order valence-electron chi connectivity index (χ1n) is 6.20. The highest BCUT2D eigenvalue weighted by Gasteiger charge is 2.20. The van der Waals surface area contributed by atoms with Crippen LogP contribution in [-0.2, 0) is 4.79 Å². The lowest BCUT2D eigenvalue weighted by molar-refractivity contribution is -0.130. The Balaban J connectivity index is 2.33. The first-order valence-corrected chi connectivity index (χ1v) is 6.20. The van der Waals surface area contributed by atoms with Crippen LogP contribution in [0.4, 0.5) is 0 Å². The average Bonchev–Trinajstić information content (AvgIpc) is 2.42. The molecular weight excluding hydrogens is 188 g/mol. The lowest BCUT2D eigenvalue weighted by Gasteiger charge is -2.20. The molecule has 0 bridgehead atoms. The minimum atomic E-state index is 0.363. The van der Waals surface area contributed by atoms with E-state index in [0.717, 1.165) is 44.8 Å². The van der Waals surface area contributed by atoms with Crippen molar-refractivity contribution < 1.29 is 4.79 Å². The molecule has 3 heteroatoms. The summed E-state index contributed by atoms with van der Waals surface area (Å²) >= 11 is 0. The van der Waals surface area contributed by atoms with Crippen LogP contribution >= 0.6 is 0 Å². The van der Waals surface area contributed by atoms with Crippen molar-refractivity contribution in [3.8, 4) is 0 Å². The number of likely N-dealkylation sites (tertiary alicyclic amines) is 1. The second-order valence-electron chi connectivity index (χ2n) is 4.44. The van der Waals surface area contributed by atoms with Crippen molar-refractivity contribution in [3.63, 3.8) is 0 Å². The molecule has 1 unspecified atom stereocenters. The Hall–Kier alpha value is -0.570. The van der Waals surface area contributed by atoms with E-state index < -0.39 is 0 Å². The van der Waals surface area contributed by atoms with Gasteiger partial charge in [-0.15, -0.1) is 0 Å². The number of rotatable bonds is 5. The highest BCUT2D eigenvalue weighted by Crippen LogP contribution is 2.20. The molecule has 1 rings (SSSR count). The van der Waals surface area contributed by atoms with E-state index in [-0.39, 0.29) is 0 Å². The third-order valence-corrected chi connectivity index (χ3v) is 3.36. The highest BCUT2D eigenvalue weighted by atomic mass is 16.2. The van der Waals surface area contributed by atoms with E-state index in [1.165, 1.54) is 12.8 Å². The zero-order chi connectivity index (χ0) is 11.1. The Morgan fingerprint density at radius 2 is 2.27 bits per heavy atom. The summed E-state index contributed by atoms with van der Waals surface area (Å²) < 4.78 is 0. The summed E-state index contributed by atoms with van der Waals surface area (Å²) in [6.07, 6.45) is 5.34.